The van der Waals surface area contributed by atoms with Crippen molar-refractivity contribution in [2.45, 2.75) is 45.2 Å². The van der Waals surface area contributed by atoms with Gasteiger partial charge in [-0.1, -0.05) is 11.6 Å². The van der Waals surface area contributed by atoms with E-state index in [9.17, 15) is 13.6 Å². The molecule has 1 amide bonds. The van der Waals surface area contributed by atoms with Crippen LogP contribution in [0.2, 0.25) is 0 Å². The molecule has 1 aliphatic rings. The summed E-state index contributed by atoms with van der Waals surface area (Å²) < 4.78 is 32.8. The van der Waals surface area contributed by atoms with Crippen molar-refractivity contribution in [2.24, 2.45) is 5.41 Å². The highest BCUT2D eigenvalue weighted by Crippen LogP contribution is 2.46. The number of halogens is 2. The van der Waals surface area contributed by atoms with Crippen LogP contribution in [0.5, 0.6) is 0 Å². The normalized spacial score (nSPS) is 17.7. The van der Waals surface area contributed by atoms with Crippen LogP contribution in [-0.4, -0.2) is 33.4 Å². The summed E-state index contributed by atoms with van der Waals surface area (Å²) in [4.78, 5) is 12.1. The van der Waals surface area contributed by atoms with E-state index in [4.69, 9.17) is 4.42 Å². The maximum Gasteiger partial charge on any atom is 0.252 e. The molecule has 8 heteroatoms. The van der Waals surface area contributed by atoms with Gasteiger partial charge in [0, 0.05) is 11.6 Å². The molecule has 0 unspecified atom stereocenters. The number of nitrogens with zero attached hydrogens (tertiary/aromatic N) is 3. The summed E-state index contributed by atoms with van der Waals surface area (Å²) in [7, 11) is 0. The first kappa shape index (κ1) is 15.6. The summed E-state index contributed by atoms with van der Waals surface area (Å²) in [5.41, 5.74) is -0.0436. The number of carbonyl (C=O) groups is 1. The molecule has 0 bridgehead atoms. The number of alkyl halides is 2. The first-order chi connectivity index (χ1) is 11.0. The van der Waals surface area contributed by atoms with Crippen molar-refractivity contribution in [2.75, 3.05) is 0 Å². The lowest BCUT2D eigenvalue weighted by molar-refractivity contribution is -0.151. The smallest absolute Gasteiger partial charge is 0.252 e. The lowest BCUT2D eigenvalue weighted by Gasteiger charge is -2.39. The Morgan fingerprint density at radius 1 is 1.52 bits per heavy atom. The maximum absolute atomic E-state index is 13.1. The van der Waals surface area contributed by atoms with E-state index in [1.807, 2.05) is 0 Å². The molecule has 1 atom stereocenters. The summed E-state index contributed by atoms with van der Waals surface area (Å²) in [6.45, 7) is 2.12. The number of amides is 1. The molecule has 0 aliphatic heterocycles. The Morgan fingerprint density at radius 2 is 2.30 bits per heavy atom. The molecule has 1 N–H and O–H groups in total. The van der Waals surface area contributed by atoms with E-state index in [1.165, 1.54) is 0 Å². The number of aromatic nitrogens is 3. The second-order valence-corrected chi connectivity index (χ2v) is 6.02. The third kappa shape index (κ3) is 2.97. The highest BCUT2D eigenvalue weighted by molar-refractivity contribution is 5.84. The average molecular weight is 324 g/mol. The minimum atomic E-state index is -2.62. The Bertz CT molecular complexity index is 665. The highest BCUT2D eigenvalue weighted by atomic mass is 19.3. The van der Waals surface area contributed by atoms with E-state index in [0.717, 1.165) is 5.56 Å². The molecule has 2 aromatic rings. The predicted octanol–water partition coefficient (Wildman–Crippen LogP) is 2.48. The number of hydrogen-bond acceptors (Lipinski definition) is 4. The van der Waals surface area contributed by atoms with Crippen LogP contribution >= 0.6 is 0 Å². The monoisotopic (exact) mass is 324 g/mol. The van der Waals surface area contributed by atoms with Gasteiger partial charge in [-0.15, -0.1) is 5.10 Å². The van der Waals surface area contributed by atoms with Gasteiger partial charge in [0.15, 0.2) is 0 Å². The molecular weight excluding hydrogens is 306 g/mol. The second kappa shape index (κ2) is 6.10. The standard InChI is InChI=1S/C15H18F2N4O2/c1-10(18-14(22)15(13(16)17)4-2-5-15)7-21-8-12(19-20-21)11-3-6-23-9-11/h3,6,8-10,13H,2,4-5,7H2,1H3,(H,18,22)/t10-/m0/s1. The van der Waals surface area contributed by atoms with Gasteiger partial charge in [0.25, 0.3) is 6.43 Å². The number of carbonyl (C=O) groups excluding carboxylic acids is 1. The predicted molar refractivity (Wildman–Crippen MR) is 77.6 cm³/mol. The third-order valence-electron chi connectivity index (χ3n) is 4.31. The molecule has 0 radical (unpaired) electrons. The number of rotatable bonds is 6. The first-order valence-corrected chi connectivity index (χ1v) is 7.53. The van der Waals surface area contributed by atoms with Gasteiger partial charge in [-0.3, -0.25) is 4.79 Å². The van der Waals surface area contributed by atoms with E-state index in [-0.39, 0.29) is 18.9 Å². The molecular formula is C15H18F2N4O2. The van der Waals surface area contributed by atoms with Crippen LogP contribution in [0.4, 0.5) is 8.78 Å². The molecule has 1 aliphatic carbocycles. The summed E-state index contributed by atoms with van der Waals surface area (Å²) >= 11 is 0. The van der Waals surface area contributed by atoms with Crippen LogP contribution in [-0.2, 0) is 11.3 Å². The third-order valence-corrected chi connectivity index (χ3v) is 4.31. The maximum atomic E-state index is 13.1. The molecule has 2 heterocycles. The van der Waals surface area contributed by atoms with E-state index in [0.29, 0.717) is 18.7 Å². The average Bonchev–Trinajstić information content (AvgIpc) is 3.06. The number of nitrogens with one attached hydrogen (secondary N) is 1. The summed E-state index contributed by atoms with van der Waals surface area (Å²) in [5.74, 6) is -0.568. The van der Waals surface area contributed by atoms with Gasteiger partial charge in [0.05, 0.1) is 25.3 Å². The summed E-state index contributed by atoms with van der Waals surface area (Å²) in [6.07, 6.45) is 3.36. The minimum absolute atomic E-state index is 0.247. The molecule has 0 saturated heterocycles. The van der Waals surface area contributed by atoms with E-state index in [2.05, 4.69) is 15.6 Å². The molecule has 124 valence electrons. The van der Waals surface area contributed by atoms with Crippen LogP contribution in [0.25, 0.3) is 11.3 Å². The largest absolute Gasteiger partial charge is 0.472 e. The van der Waals surface area contributed by atoms with Crippen molar-refractivity contribution < 1.29 is 18.0 Å². The molecule has 0 aromatic carbocycles. The Kier molecular flexibility index (Phi) is 4.14. The van der Waals surface area contributed by atoms with Crippen LogP contribution < -0.4 is 5.32 Å². The number of hydrogen-bond donors (Lipinski definition) is 1. The van der Waals surface area contributed by atoms with Gasteiger partial charge in [0.1, 0.15) is 11.1 Å². The van der Waals surface area contributed by atoms with Crippen molar-refractivity contribution >= 4 is 5.91 Å². The van der Waals surface area contributed by atoms with Gasteiger partial charge in [-0.25, -0.2) is 13.5 Å². The zero-order chi connectivity index (χ0) is 16.4. The molecule has 0 spiro atoms. The Morgan fingerprint density at radius 3 is 2.87 bits per heavy atom. The summed E-state index contributed by atoms with van der Waals surface area (Å²) in [6, 6.07) is 1.44. The van der Waals surface area contributed by atoms with Gasteiger partial charge in [-0.05, 0) is 25.8 Å². The fourth-order valence-electron chi connectivity index (χ4n) is 2.73. The van der Waals surface area contributed by atoms with Crippen LogP contribution in [0.1, 0.15) is 26.2 Å². The highest BCUT2D eigenvalue weighted by Gasteiger charge is 2.52. The molecule has 6 nitrogen and oxygen atoms in total. The molecule has 3 rings (SSSR count). The van der Waals surface area contributed by atoms with E-state index >= 15 is 0 Å². The Hall–Kier alpha value is -2.25. The minimum Gasteiger partial charge on any atom is -0.472 e. The molecule has 1 fully saturated rings. The van der Waals surface area contributed by atoms with Gasteiger partial charge in [0.2, 0.25) is 5.91 Å². The first-order valence-electron chi connectivity index (χ1n) is 7.53. The Balaban J connectivity index is 1.59. The lowest BCUT2D eigenvalue weighted by atomic mass is 9.68. The van der Waals surface area contributed by atoms with Gasteiger partial charge < -0.3 is 9.73 Å². The zero-order valence-corrected chi connectivity index (χ0v) is 12.7. The van der Waals surface area contributed by atoms with Gasteiger partial charge in [-0.2, -0.15) is 0 Å². The van der Waals surface area contributed by atoms with Crippen molar-refractivity contribution in [1.29, 1.82) is 0 Å². The van der Waals surface area contributed by atoms with Crippen molar-refractivity contribution in [1.82, 2.24) is 20.3 Å². The van der Waals surface area contributed by atoms with Crippen LogP contribution in [0.15, 0.2) is 29.2 Å². The number of furan rings is 1. The Labute approximate surface area is 131 Å². The molecule has 23 heavy (non-hydrogen) atoms. The molecule has 1 saturated carbocycles. The summed E-state index contributed by atoms with van der Waals surface area (Å²) in [5, 5.41) is 10.7. The second-order valence-electron chi connectivity index (χ2n) is 6.02. The fraction of sp³-hybridized carbons (Fsp3) is 0.533. The molecule has 2 aromatic heterocycles. The van der Waals surface area contributed by atoms with E-state index < -0.39 is 17.7 Å². The van der Waals surface area contributed by atoms with Crippen molar-refractivity contribution in [3.8, 4) is 11.3 Å². The van der Waals surface area contributed by atoms with Gasteiger partial charge >= 0.3 is 0 Å². The fourth-order valence-corrected chi connectivity index (χ4v) is 2.73. The topological polar surface area (TPSA) is 73.0 Å². The zero-order valence-electron chi connectivity index (χ0n) is 12.7. The lowest BCUT2D eigenvalue weighted by Crippen LogP contribution is -2.53. The van der Waals surface area contributed by atoms with Crippen molar-refractivity contribution in [3.63, 3.8) is 0 Å². The van der Waals surface area contributed by atoms with E-state index in [1.54, 1.807) is 36.4 Å². The van der Waals surface area contributed by atoms with Crippen LogP contribution in [0.3, 0.4) is 0 Å². The van der Waals surface area contributed by atoms with Crippen LogP contribution in [0, 0.1) is 5.41 Å². The quantitative estimate of drug-likeness (QED) is 0.886. The SMILES string of the molecule is C[C@@H](Cn1cc(-c2ccoc2)nn1)NC(=O)C1(C(F)F)CCC1. The van der Waals surface area contributed by atoms with Crippen molar-refractivity contribution in [3.05, 3.63) is 24.8 Å².